The molecule has 2 aliphatic carbocycles. The molecule has 2 saturated carbocycles. The molecule has 84 valence electrons. The Hall–Kier alpha value is -0.750. The molecule has 0 atom stereocenters. The minimum atomic E-state index is -0.119. The highest BCUT2D eigenvalue weighted by Gasteiger charge is 2.45. The van der Waals surface area contributed by atoms with Crippen LogP contribution < -0.4 is 5.73 Å². The van der Waals surface area contributed by atoms with Crippen LogP contribution in [-0.4, -0.2) is 21.2 Å². The molecule has 5 nitrogen and oxygen atoms in total. The standard InChI is InChI=1S/C9H15N3O2S/c10-7(11)15-8(14-13)12-9-3-1-6(5-9)2-4-9/h6,13H,1-5H2,(H3,10,11). The maximum absolute atomic E-state index is 8.65. The molecule has 15 heavy (non-hydrogen) atoms. The van der Waals surface area contributed by atoms with Crippen LogP contribution in [0.15, 0.2) is 4.99 Å². The maximum Gasteiger partial charge on any atom is 0.294 e. The van der Waals surface area contributed by atoms with Crippen LogP contribution >= 0.6 is 11.8 Å². The van der Waals surface area contributed by atoms with Gasteiger partial charge in [0.1, 0.15) is 0 Å². The van der Waals surface area contributed by atoms with Crippen molar-refractivity contribution in [2.24, 2.45) is 16.6 Å². The Morgan fingerprint density at radius 1 is 1.53 bits per heavy atom. The van der Waals surface area contributed by atoms with E-state index in [0.717, 1.165) is 36.9 Å². The van der Waals surface area contributed by atoms with Gasteiger partial charge < -0.3 is 10.6 Å². The highest BCUT2D eigenvalue weighted by atomic mass is 32.2. The number of thioether (sulfide) groups is 1. The fourth-order valence-corrected chi connectivity index (χ4v) is 3.13. The van der Waals surface area contributed by atoms with Gasteiger partial charge in [-0.3, -0.25) is 5.41 Å². The Bertz CT molecular complexity index is 298. The second kappa shape index (κ2) is 4.02. The van der Waals surface area contributed by atoms with Crippen LogP contribution in [0.25, 0.3) is 0 Å². The second-order valence-electron chi connectivity index (χ2n) is 4.31. The van der Waals surface area contributed by atoms with Gasteiger partial charge in [-0.1, -0.05) is 0 Å². The number of nitrogens with one attached hydrogen (secondary N) is 1. The van der Waals surface area contributed by atoms with Crippen molar-refractivity contribution < 1.29 is 10.1 Å². The van der Waals surface area contributed by atoms with Crippen molar-refractivity contribution in [3.63, 3.8) is 0 Å². The molecular formula is C9H15N3O2S. The molecule has 6 heteroatoms. The zero-order valence-corrected chi connectivity index (χ0v) is 9.22. The van der Waals surface area contributed by atoms with E-state index in [1.165, 1.54) is 12.8 Å². The van der Waals surface area contributed by atoms with Gasteiger partial charge >= 0.3 is 0 Å². The van der Waals surface area contributed by atoms with Gasteiger partial charge in [0.05, 0.1) is 5.54 Å². The Morgan fingerprint density at radius 2 is 2.20 bits per heavy atom. The topological polar surface area (TPSA) is 91.7 Å². The van der Waals surface area contributed by atoms with E-state index >= 15 is 0 Å². The molecule has 0 spiro atoms. The number of amidine groups is 1. The van der Waals surface area contributed by atoms with E-state index in [0.29, 0.717) is 0 Å². The lowest BCUT2D eigenvalue weighted by Crippen LogP contribution is -2.22. The van der Waals surface area contributed by atoms with Gasteiger partial charge in [-0.05, 0) is 38.0 Å². The molecule has 2 aliphatic rings. The van der Waals surface area contributed by atoms with Gasteiger partial charge in [0.25, 0.3) is 5.23 Å². The van der Waals surface area contributed by atoms with Crippen molar-refractivity contribution in [2.75, 3.05) is 0 Å². The van der Waals surface area contributed by atoms with E-state index in [9.17, 15) is 0 Å². The lowest BCUT2D eigenvalue weighted by molar-refractivity contribution is -0.151. The first-order valence-corrected chi connectivity index (χ1v) is 5.88. The summed E-state index contributed by atoms with van der Waals surface area (Å²) in [5.74, 6) is 0.788. The second-order valence-corrected chi connectivity index (χ2v) is 5.30. The van der Waals surface area contributed by atoms with Gasteiger partial charge in [0.15, 0.2) is 5.17 Å². The quantitative estimate of drug-likeness (QED) is 0.276. The number of hydrogen-bond donors (Lipinski definition) is 3. The first-order chi connectivity index (χ1) is 7.13. The zero-order valence-electron chi connectivity index (χ0n) is 8.40. The van der Waals surface area contributed by atoms with E-state index in [1.54, 1.807) is 0 Å². The third-order valence-corrected chi connectivity index (χ3v) is 3.87. The lowest BCUT2D eigenvalue weighted by atomic mass is 9.95. The summed E-state index contributed by atoms with van der Waals surface area (Å²) >= 11 is 0.858. The summed E-state index contributed by atoms with van der Waals surface area (Å²) in [6.07, 6.45) is 5.63. The normalized spacial score (nSPS) is 34.5. The molecule has 2 fully saturated rings. The Kier molecular flexibility index (Phi) is 2.88. The average Bonchev–Trinajstić information content (AvgIpc) is 2.75. The summed E-state index contributed by atoms with van der Waals surface area (Å²) in [4.78, 5) is 8.57. The molecular weight excluding hydrogens is 214 g/mol. The number of nitrogens with two attached hydrogens (primary N) is 1. The van der Waals surface area contributed by atoms with Crippen LogP contribution in [0.4, 0.5) is 0 Å². The predicted octanol–water partition coefficient (Wildman–Crippen LogP) is 1.79. The molecule has 0 unspecified atom stereocenters. The molecule has 0 saturated heterocycles. The first kappa shape index (κ1) is 10.8. The Labute approximate surface area is 92.5 Å². The van der Waals surface area contributed by atoms with Crippen LogP contribution in [0.3, 0.4) is 0 Å². The number of rotatable bonds is 1. The van der Waals surface area contributed by atoms with Gasteiger partial charge in [-0.25, -0.2) is 10.2 Å². The summed E-state index contributed by atoms with van der Waals surface area (Å²) in [6, 6.07) is 0. The molecule has 0 amide bonds. The molecule has 2 rings (SSSR count). The van der Waals surface area contributed by atoms with E-state index in [1.807, 2.05) is 0 Å². The number of fused-ring (bicyclic) bond motifs is 2. The monoisotopic (exact) mass is 229 g/mol. The molecule has 0 aliphatic heterocycles. The van der Waals surface area contributed by atoms with Gasteiger partial charge in [0.2, 0.25) is 0 Å². The first-order valence-electron chi connectivity index (χ1n) is 5.07. The summed E-state index contributed by atoms with van der Waals surface area (Å²) in [6.45, 7) is 0. The van der Waals surface area contributed by atoms with Crippen LogP contribution in [0.5, 0.6) is 0 Å². The van der Waals surface area contributed by atoms with Crippen LogP contribution in [-0.2, 0) is 4.89 Å². The Morgan fingerprint density at radius 3 is 2.60 bits per heavy atom. The predicted molar refractivity (Wildman–Crippen MR) is 60.0 cm³/mol. The van der Waals surface area contributed by atoms with Gasteiger partial charge in [0, 0.05) is 11.8 Å². The van der Waals surface area contributed by atoms with Crippen molar-refractivity contribution in [1.82, 2.24) is 0 Å². The molecule has 0 aromatic rings. The van der Waals surface area contributed by atoms with Gasteiger partial charge in [-0.15, -0.1) is 0 Å². The summed E-state index contributed by atoms with van der Waals surface area (Å²) in [5, 5.41) is 15.7. The summed E-state index contributed by atoms with van der Waals surface area (Å²) in [5.41, 5.74) is 5.16. The minimum Gasteiger partial charge on any atom is -0.378 e. The van der Waals surface area contributed by atoms with Crippen LogP contribution in [0.2, 0.25) is 0 Å². The lowest BCUT2D eigenvalue weighted by Gasteiger charge is -2.21. The summed E-state index contributed by atoms with van der Waals surface area (Å²) < 4.78 is 0. The average molecular weight is 229 g/mol. The molecule has 4 N–H and O–H groups in total. The van der Waals surface area contributed by atoms with Crippen LogP contribution in [0, 0.1) is 11.3 Å². The SMILES string of the molecule is N=C(N)SC(=NC12CCC(CC1)C2)OO. The third-order valence-electron chi connectivity index (χ3n) is 3.31. The fraction of sp³-hybridized carbons (Fsp3) is 0.778. The fourth-order valence-electron chi connectivity index (χ4n) is 2.67. The molecule has 0 aromatic carbocycles. The van der Waals surface area contributed by atoms with Crippen molar-refractivity contribution in [1.29, 1.82) is 5.41 Å². The highest BCUT2D eigenvalue weighted by Crippen LogP contribution is 2.50. The van der Waals surface area contributed by atoms with E-state index < -0.39 is 0 Å². The Balaban J connectivity index is 2.09. The van der Waals surface area contributed by atoms with Crippen molar-refractivity contribution in [3.8, 4) is 0 Å². The largest absolute Gasteiger partial charge is 0.378 e. The third kappa shape index (κ3) is 2.26. The van der Waals surface area contributed by atoms with Crippen molar-refractivity contribution in [2.45, 2.75) is 37.6 Å². The van der Waals surface area contributed by atoms with Crippen molar-refractivity contribution >= 4 is 22.2 Å². The molecule has 0 radical (unpaired) electrons. The van der Waals surface area contributed by atoms with Crippen molar-refractivity contribution in [3.05, 3.63) is 0 Å². The maximum atomic E-state index is 8.65. The summed E-state index contributed by atoms with van der Waals surface area (Å²) in [7, 11) is 0. The minimum absolute atomic E-state index is 0.0504. The van der Waals surface area contributed by atoms with E-state index in [-0.39, 0.29) is 15.9 Å². The smallest absolute Gasteiger partial charge is 0.294 e. The number of nitrogens with zero attached hydrogens (tertiary/aromatic N) is 1. The molecule has 0 aromatic heterocycles. The van der Waals surface area contributed by atoms with Crippen LogP contribution in [0.1, 0.15) is 32.1 Å². The number of aliphatic imine (C=N–C) groups is 1. The van der Waals surface area contributed by atoms with E-state index in [4.69, 9.17) is 16.4 Å². The molecule has 2 bridgehead atoms. The highest BCUT2D eigenvalue weighted by molar-refractivity contribution is 8.26. The van der Waals surface area contributed by atoms with Gasteiger partial charge in [-0.2, -0.15) is 0 Å². The number of hydrogen-bond acceptors (Lipinski definition) is 5. The van der Waals surface area contributed by atoms with E-state index in [2.05, 4.69) is 9.88 Å². The molecule has 0 heterocycles. The zero-order chi connectivity index (χ0) is 10.9.